The average molecular weight is 1130 g/mol. The maximum atomic E-state index is 12.8. The van der Waals surface area contributed by atoms with E-state index in [0.717, 1.165) is 128 Å². The van der Waals surface area contributed by atoms with Gasteiger partial charge < -0.3 is 34.2 Å². The smallest absolute Gasteiger partial charge is 0.463 e. The number of phosphoric acid groups is 2. The number of aliphatic hydroxyl groups is 2. The number of carbonyl (C=O) groups excluding carboxylic acids is 3. The highest BCUT2D eigenvalue weighted by molar-refractivity contribution is 7.47. The zero-order valence-corrected chi connectivity index (χ0v) is 49.7. The van der Waals surface area contributed by atoms with E-state index in [4.69, 9.17) is 32.3 Å². The lowest BCUT2D eigenvalue weighted by Crippen LogP contribution is -2.30. The molecule has 0 aromatic carbocycles. The van der Waals surface area contributed by atoms with Crippen LogP contribution in [0.3, 0.4) is 0 Å². The topological polar surface area (TPSA) is 231 Å². The highest BCUT2D eigenvalue weighted by atomic mass is 31.2. The van der Waals surface area contributed by atoms with E-state index in [0.29, 0.717) is 19.3 Å². The molecule has 0 radical (unpaired) electrons. The molecule has 0 saturated carbocycles. The Hall–Kier alpha value is -2.75. The fraction of sp³-hybridized carbons (Fsp3) is 0.780. The fourth-order valence-corrected chi connectivity index (χ4v) is 9.24. The van der Waals surface area contributed by atoms with Crippen LogP contribution in [0.4, 0.5) is 0 Å². The van der Waals surface area contributed by atoms with Gasteiger partial charge in [0.15, 0.2) is 6.10 Å². The monoisotopic (exact) mass is 1130 g/mol. The molecule has 0 aliphatic rings. The van der Waals surface area contributed by atoms with E-state index in [2.05, 4.69) is 81.5 Å². The van der Waals surface area contributed by atoms with E-state index in [1.165, 1.54) is 51.4 Å². The van der Waals surface area contributed by atoms with Crippen LogP contribution >= 0.6 is 15.6 Å². The summed E-state index contributed by atoms with van der Waals surface area (Å²) in [6.45, 7) is 2.46. The Morgan fingerprint density at radius 3 is 1.14 bits per heavy atom. The van der Waals surface area contributed by atoms with Gasteiger partial charge in [-0.3, -0.25) is 32.5 Å². The first-order valence-electron chi connectivity index (χ1n) is 29.6. The highest BCUT2D eigenvalue weighted by Crippen LogP contribution is 2.45. The van der Waals surface area contributed by atoms with Gasteiger partial charge in [0.05, 0.1) is 26.4 Å². The molecular weight excluding hydrogens is 1030 g/mol. The van der Waals surface area contributed by atoms with E-state index in [1.54, 1.807) is 0 Å². The van der Waals surface area contributed by atoms with Crippen molar-refractivity contribution in [3.05, 3.63) is 60.8 Å². The molecule has 0 spiro atoms. The molecule has 0 aromatic rings. The van der Waals surface area contributed by atoms with Crippen LogP contribution in [0.25, 0.3) is 0 Å². The summed E-state index contributed by atoms with van der Waals surface area (Å²) in [5.74, 6) is -1.59. The number of allylic oxidation sites excluding steroid dienone is 10. The van der Waals surface area contributed by atoms with Crippen molar-refractivity contribution in [2.45, 2.75) is 257 Å². The molecule has 0 fully saturated rings. The first-order valence-corrected chi connectivity index (χ1v) is 32.6. The zero-order valence-electron chi connectivity index (χ0n) is 47.9. The van der Waals surface area contributed by atoms with Crippen molar-refractivity contribution in [3.63, 3.8) is 0 Å². The minimum Gasteiger partial charge on any atom is -0.463 e. The quantitative estimate of drug-likeness (QED) is 0.0146. The van der Waals surface area contributed by atoms with Gasteiger partial charge >= 0.3 is 33.6 Å². The molecule has 18 heteroatoms. The van der Waals surface area contributed by atoms with E-state index in [1.807, 2.05) is 0 Å². The molecular formula is C59H106O16P2. The van der Waals surface area contributed by atoms with Crippen LogP contribution in [-0.4, -0.2) is 95.9 Å². The number of esters is 3. The van der Waals surface area contributed by atoms with E-state index < -0.39 is 91.5 Å². The van der Waals surface area contributed by atoms with Gasteiger partial charge in [0.25, 0.3) is 0 Å². The van der Waals surface area contributed by atoms with Crippen molar-refractivity contribution >= 4 is 33.6 Å². The second kappa shape index (κ2) is 53.9. The summed E-state index contributed by atoms with van der Waals surface area (Å²) >= 11 is 0. The molecule has 5 atom stereocenters. The number of unbranched alkanes of at least 4 members (excludes halogenated alkanes) is 23. The number of hydrogen-bond acceptors (Lipinski definition) is 14. The molecule has 5 unspecified atom stereocenters. The molecule has 0 rings (SSSR count). The lowest BCUT2D eigenvalue weighted by atomic mass is 10.1. The van der Waals surface area contributed by atoms with Crippen LogP contribution in [-0.2, 0) is 55.8 Å². The summed E-state index contributed by atoms with van der Waals surface area (Å²) in [5.41, 5.74) is 0. The Labute approximate surface area is 465 Å². The lowest BCUT2D eigenvalue weighted by Gasteiger charge is -2.21. The van der Waals surface area contributed by atoms with Crippen LogP contribution in [0.1, 0.15) is 239 Å². The Kier molecular flexibility index (Phi) is 51.9. The molecule has 0 aliphatic carbocycles. The summed E-state index contributed by atoms with van der Waals surface area (Å²) < 4.78 is 60.5. The molecule has 4 N–H and O–H groups in total. The fourth-order valence-electron chi connectivity index (χ4n) is 7.66. The summed E-state index contributed by atoms with van der Waals surface area (Å²) in [6.07, 6.45) is 50.2. The second-order valence-electron chi connectivity index (χ2n) is 19.8. The third kappa shape index (κ3) is 55.0. The molecule has 0 heterocycles. The van der Waals surface area contributed by atoms with Gasteiger partial charge in [-0.25, -0.2) is 9.13 Å². The third-order valence-electron chi connectivity index (χ3n) is 12.2. The van der Waals surface area contributed by atoms with Crippen molar-refractivity contribution in [3.8, 4) is 0 Å². The van der Waals surface area contributed by atoms with Crippen LogP contribution in [0.5, 0.6) is 0 Å². The van der Waals surface area contributed by atoms with Crippen molar-refractivity contribution in [1.29, 1.82) is 0 Å². The summed E-state index contributed by atoms with van der Waals surface area (Å²) in [5, 5.41) is 20.4. The Balaban J connectivity index is 4.57. The largest absolute Gasteiger partial charge is 0.472 e. The number of phosphoric ester groups is 2. The molecule has 0 aliphatic heterocycles. The van der Waals surface area contributed by atoms with Crippen LogP contribution in [0, 0.1) is 0 Å². The van der Waals surface area contributed by atoms with Gasteiger partial charge in [-0.15, -0.1) is 0 Å². The third-order valence-corrected chi connectivity index (χ3v) is 14.1. The predicted octanol–water partition coefficient (Wildman–Crippen LogP) is 15.1. The molecule has 0 amide bonds. The standard InChI is InChI=1S/C59H106O16P2/c1-4-7-10-13-16-19-22-23-24-25-26-27-28-29-32-34-36-39-42-45-57(62)69-48-54(60)49-71-76(65,66)72-50-55(61)51-73-77(67,68)74-53-56(75-59(64)47-44-41-38-35-31-21-18-15-12-9-6-3)52-70-58(63)46-43-40-37-33-30-20-17-14-11-8-5-2/h7,10,14,16-17,19,23-24,26-27,54-56,60-61H,4-6,8-9,11-13,15,18,20-22,25,28-53H2,1-3H3,(H,65,66)(H,67,68)/b10-7-,17-14-,19-16-,24-23-,27-26-. The van der Waals surface area contributed by atoms with E-state index in [9.17, 15) is 43.5 Å². The number of aliphatic hydroxyl groups excluding tert-OH is 2. The average Bonchev–Trinajstić information content (AvgIpc) is 3.40. The summed E-state index contributed by atoms with van der Waals surface area (Å²) in [7, 11) is -9.75. The minimum atomic E-state index is -4.91. The number of ether oxygens (including phenoxy) is 3. The summed E-state index contributed by atoms with van der Waals surface area (Å²) in [4.78, 5) is 57.9. The van der Waals surface area contributed by atoms with E-state index in [-0.39, 0.29) is 19.3 Å². The maximum absolute atomic E-state index is 12.8. The van der Waals surface area contributed by atoms with Gasteiger partial charge in [-0.05, 0) is 77.0 Å². The van der Waals surface area contributed by atoms with Crippen molar-refractivity contribution in [1.82, 2.24) is 0 Å². The van der Waals surface area contributed by atoms with Gasteiger partial charge in [-0.2, -0.15) is 0 Å². The van der Waals surface area contributed by atoms with Gasteiger partial charge in [0, 0.05) is 19.3 Å². The predicted molar refractivity (Wildman–Crippen MR) is 307 cm³/mol. The normalized spacial score (nSPS) is 14.9. The molecule has 0 aromatic heterocycles. The minimum absolute atomic E-state index is 0.107. The van der Waals surface area contributed by atoms with Crippen LogP contribution < -0.4 is 0 Å². The molecule has 77 heavy (non-hydrogen) atoms. The SMILES string of the molecule is CC/C=C\C/C=C\C/C=C\C/C=C\CCCCCCCCC(=O)OCC(O)COP(=O)(O)OCC(O)COP(=O)(O)OCC(COC(=O)CCCCCCC/C=C\CCCC)OC(=O)CCCCCCCCCCCCC. The van der Waals surface area contributed by atoms with Crippen LogP contribution in [0.2, 0.25) is 0 Å². The Morgan fingerprint density at radius 1 is 0.377 bits per heavy atom. The van der Waals surface area contributed by atoms with Crippen molar-refractivity contribution in [2.75, 3.05) is 39.6 Å². The van der Waals surface area contributed by atoms with Gasteiger partial charge in [0.1, 0.15) is 25.4 Å². The van der Waals surface area contributed by atoms with Gasteiger partial charge in [-0.1, -0.05) is 204 Å². The first-order chi connectivity index (χ1) is 37.2. The summed E-state index contributed by atoms with van der Waals surface area (Å²) in [6, 6.07) is 0. The first kappa shape index (κ1) is 74.2. The lowest BCUT2D eigenvalue weighted by molar-refractivity contribution is -0.161. The van der Waals surface area contributed by atoms with Gasteiger partial charge in [0.2, 0.25) is 0 Å². The van der Waals surface area contributed by atoms with E-state index >= 15 is 0 Å². The molecule has 0 bridgehead atoms. The highest BCUT2D eigenvalue weighted by Gasteiger charge is 2.29. The molecule has 16 nitrogen and oxygen atoms in total. The number of carbonyl (C=O) groups is 3. The molecule has 0 saturated heterocycles. The second-order valence-corrected chi connectivity index (χ2v) is 22.7. The zero-order chi connectivity index (χ0) is 56.8. The Bertz CT molecular complexity index is 1670. The Morgan fingerprint density at radius 2 is 0.701 bits per heavy atom. The molecule has 448 valence electrons. The van der Waals surface area contributed by atoms with Crippen molar-refractivity contribution < 1.29 is 75.8 Å². The number of rotatable bonds is 56. The van der Waals surface area contributed by atoms with Crippen LogP contribution in [0.15, 0.2) is 60.8 Å². The number of hydrogen-bond donors (Lipinski definition) is 4. The maximum Gasteiger partial charge on any atom is 0.472 e. The van der Waals surface area contributed by atoms with Crippen molar-refractivity contribution in [2.24, 2.45) is 0 Å².